The molecule has 1 saturated heterocycles. The van der Waals surface area contributed by atoms with Gasteiger partial charge in [-0.05, 0) is 50.7 Å². The molecule has 2 aliphatic rings. The lowest BCUT2D eigenvalue weighted by Crippen LogP contribution is -2.55. The number of rotatable bonds is 5. The van der Waals surface area contributed by atoms with Crippen molar-refractivity contribution in [2.45, 2.75) is 38.6 Å². The minimum Gasteiger partial charge on any atom is -0.351 e. The van der Waals surface area contributed by atoms with Gasteiger partial charge in [0, 0.05) is 31.2 Å². The molecule has 1 saturated carbocycles. The van der Waals surface area contributed by atoms with E-state index in [1.165, 1.54) is 0 Å². The Morgan fingerprint density at radius 1 is 1.33 bits per heavy atom. The van der Waals surface area contributed by atoms with Gasteiger partial charge in [-0.2, -0.15) is 0 Å². The van der Waals surface area contributed by atoms with Crippen LogP contribution in [0, 0.1) is 11.3 Å². The van der Waals surface area contributed by atoms with E-state index in [-0.39, 0.29) is 17.9 Å². The maximum Gasteiger partial charge on any atom is 0.253 e. The average Bonchev–Trinajstić information content (AvgIpc) is 3.44. The Morgan fingerprint density at radius 2 is 2.04 bits per heavy atom. The van der Waals surface area contributed by atoms with Crippen LogP contribution >= 0.6 is 0 Å². The molecule has 24 heavy (non-hydrogen) atoms. The zero-order valence-corrected chi connectivity index (χ0v) is 14.3. The third-order valence-electron chi connectivity index (χ3n) is 5.31. The Bertz CT molecular complexity index is 600. The smallest absolute Gasteiger partial charge is 0.253 e. The van der Waals surface area contributed by atoms with E-state index in [4.69, 9.17) is 5.73 Å². The lowest BCUT2D eigenvalue weighted by Gasteiger charge is -2.40. The van der Waals surface area contributed by atoms with Gasteiger partial charge in [-0.15, -0.1) is 0 Å². The second kappa shape index (κ2) is 6.93. The highest BCUT2D eigenvalue weighted by molar-refractivity contribution is 5.95. The van der Waals surface area contributed by atoms with E-state index in [0.29, 0.717) is 31.1 Å². The average molecular weight is 329 g/mol. The maximum atomic E-state index is 12.8. The Labute approximate surface area is 143 Å². The summed E-state index contributed by atoms with van der Waals surface area (Å²) >= 11 is 0. The third-order valence-corrected chi connectivity index (χ3v) is 5.31. The molecule has 1 aliphatic heterocycles. The van der Waals surface area contributed by atoms with Gasteiger partial charge in [0.2, 0.25) is 5.91 Å². The van der Waals surface area contributed by atoms with E-state index >= 15 is 0 Å². The lowest BCUT2D eigenvalue weighted by atomic mass is 9.80. The first-order valence-electron chi connectivity index (χ1n) is 8.89. The quantitative estimate of drug-likeness (QED) is 0.865. The van der Waals surface area contributed by atoms with Crippen molar-refractivity contribution in [1.82, 2.24) is 10.2 Å². The first kappa shape index (κ1) is 17.0. The van der Waals surface area contributed by atoms with Crippen LogP contribution in [0.3, 0.4) is 0 Å². The molecule has 3 rings (SSSR count). The van der Waals surface area contributed by atoms with Crippen molar-refractivity contribution in [3.63, 3.8) is 0 Å². The number of carbonyl (C=O) groups excluding carboxylic acids is 2. The molecule has 2 unspecified atom stereocenters. The summed E-state index contributed by atoms with van der Waals surface area (Å²) in [6.45, 7) is 3.63. The Kier molecular flexibility index (Phi) is 4.90. The molecule has 2 amide bonds. The van der Waals surface area contributed by atoms with Crippen molar-refractivity contribution in [1.29, 1.82) is 0 Å². The van der Waals surface area contributed by atoms with Gasteiger partial charge in [0.1, 0.15) is 0 Å². The van der Waals surface area contributed by atoms with Gasteiger partial charge in [0.25, 0.3) is 5.91 Å². The predicted octanol–water partition coefficient (Wildman–Crippen LogP) is 1.78. The summed E-state index contributed by atoms with van der Waals surface area (Å²) < 4.78 is 0. The number of benzene rings is 1. The van der Waals surface area contributed by atoms with Crippen LogP contribution in [0.25, 0.3) is 0 Å². The predicted molar refractivity (Wildman–Crippen MR) is 93.4 cm³/mol. The Balaban J connectivity index is 1.67. The van der Waals surface area contributed by atoms with Gasteiger partial charge in [0.05, 0.1) is 5.41 Å². The minimum atomic E-state index is -0.537. The number of nitrogens with two attached hydrogens (primary N) is 1. The summed E-state index contributed by atoms with van der Waals surface area (Å²) in [5.74, 6) is 0.579. The van der Waals surface area contributed by atoms with Gasteiger partial charge in [0.15, 0.2) is 0 Å². The van der Waals surface area contributed by atoms with Crippen LogP contribution in [-0.2, 0) is 4.79 Å². The fourth-order valence-corrected chi connectivity index (χ4v) is 3.57. The monoisotopic (exact) mass is 329 g/mol. The van der Waals surface area contributed by atoms with E-state index in [2.05, 4.69) is 5.32 Å². The molecule has 1 aromatic rings. The van der Waals surface area contributed by atoms with Crippen molar-refractivity contribution in [3.8, 4) is 0 Å². The number of carbonyl (C=O) groups is 2. The molecule has 0 radical (unpaired) electrons. The largest absolute Gasteiger partial charge is 0.351 e. The molecular weight excluding hydrogens is 302 g/mol. The summed E-state index contributed by atoms with van der Waals surface area (Å²) in [5.41, 5.74) is 5.95. The van der Waals surface area contributed by atoms with Crippen LogP contribution in [0.5, 0.6) is 0 Å². The molecule has 1 heterocycles. The van der Waals surface area contributed by atoms with Crippen molar-refractivity contribution >= 4 is 11.8 Å². The van der Waals surface area contributed by atoms with Gasteiger partial charge in [-0.25, -0.2) is 0 Å². The van der Waals surface area contributed by atoms with Crippen LogP contribution < -0.4 is 11.1 Å². The van der Waals surface area contributed by atoms with Gasteiger partial charge in [-0.1, -0.05) is 18.2 Å². The van der Waals surface area contributed by atoms with E-state index in [9.17, 15) is 9.59 Å². The second-order valence-electron chi connectivity index (χ2n) is 7.41. The molecule has 130 valence electrons. The first-order chi connectivity index (χ1) is 11.5. The molecule has 0 bridgehead atoms. The molecule has 5 heteroatoms. The highest BCUT2D eigenvalue weighted by atomic mass is 16.2. The standard InChI is InChI=1S/C19H27N3O2/c1-19(18(24)21-16(12-20)14-8-9-14)10-5-11-22(13-19)17(23)15-6-3-2-4-7-15/h2-4,6-7,14,16H,5,8-13,20H2,1H3,(H,21,24). The topological polar surface area (TPSA) is 75.4 Å². The number of likely N-dealkylation sites (tertiary alicyclic amines) is 1. The SMILES string of the molecule is CC1(C(=O)NC(CN)C2CC2)CCCN(C(=O)c2ccccc2)C1. The summed E-state index contributed by atoms with van der Waals surface area (Å²) in [5, 5.41) is 3.14. The Morgan fingerprint density at radius 3 is 2.67 bits per heavy atom. The summed E-state index contributed by atoms with van der Waals surface area (Å²) in [6.07, 6.45) is 3.95. The van der Waals surface area contributed by atoms with Crippen molar-refractivity contribution < 1.29 is 9.59 Å². The summed E-state index contributed by atoms with van der Waals surface area (Å²) in [7, 11) is 0. The number of amides is 2. The molecule has 1 aliphatic carbocycles. The van der Waals surface area contributed by atoms with Crippen LogP contribution in [0.4, 0.5) is 0 Å². The summed E-state index contributed by atoms with van der Waals surface area (Å²) in [6, 6.07) is 9.36. The summed E-state index contributed by atoms with van der Waals surface area (Å²) in [4.78, 5) is 27.3. The lowest BCUT2D eigenvalue weighted by molar-refractivity contribution is -0.133. The van der Waals surface area contributed by atoms with Crippen LogP contribution in [-0.4, -0.2) is 42.4 Å². The van der Waals surface area contributed by atoms with Gasteiger partial charge in [-0.3, -0.25) is 9.59 Å². The van der Waals surface area contributed by atoms with Crippen LogP contribution in [0.15, 0.2) is 30.3 Å². The first-order valence-corrected chi connectivity index (χ1v) is 8.89. The number of hydrogen-bond donors (Lipinski definition) is 2. The van der Waals surface area contributed by atoms with Crippen LogP contribution in [0.1, 0.15) is 43.0 Å². The minimum absolute atomic E-state index is 0.00638. The van der Waals surface area contributed by atoms with E-state index < -0.39 is 5.41 Å². The number of nitrogens with one attached hydrogen (secondary N) is 1. The van der Waals surface area contributed by atoms with Crippen molar-refractivity contribution in [2.24, 2.45) is 17.1 Å². The van der Waals surface area contributed by atoms with Gasteiger partial charge < -0.3 is 16.0 Å². The fourth-order valence-electron chi connectivity index (χ4n) is 3.57. The fraction of sp³-hybridized carbons (Fsp3) is 0.579. The highest BCUT2D eigenvalue weighted by Gasteiger charge is 2.41. The van der Waals surface area contributed by atoms with Crippen LogP contribution in [0.2, 0.25) is 0 Å². The normalized spacial score (nSPS) is 25.2. The highest BCUT2D eigenvalue weighted by Crippen LogP contribution is 2.34. The number of piperidine rings is 1. The van der Waals surface area contributed by atoms with E-state index in [1.807, 2.05) is 42.2 Å². The molecule has 2 fully saturated rings. The zero-order chi connectivity index (χ0) is 17.2. The zero-order valence-electron chi connectivity index (χ0n) is 14.3. The van der Waals surface area contributed by atoms with E-state index in [1.54, 1.807) is 0 Å². The van der Waals surface area contributed by atoms with Gasteiger partial charge >= 0.3 is 0 Å². The maximum absolute atomic E-state index is 12.8. The molecule has 1 aromatic carbocycles. The Hall–Kier alpha value is -1.88. The molecule has 2 atom stereocenters. The molecule has 3 N–H and O–H groups in total. The third kappa shape index (κ3) is 3.61. The van der Waals surface area contributed by atoms with Crippen molar-refractivity contribution in [2.75, 3.05) is 19.6 Å². The molecule has 0 aromatic heterocycles. The van der Waals surface area contributed by atoms with E-state index in [0.717, 1.165) is 25.7 Å². The number of hydrogen-bond acceptors (Lipinski definition) is 3. The van der Waals surface area contributed by atoms with Crippen molar-refractivity contribution in [3.05, 3.63) is 35.9 Å². The molecular formula is C19H27N3O2. The molecule has 5 nitrogen and oxygen atoms in total. The number of nitrogens with zero attached hydrogens (tertiary/aromatic N) is 1. The molecule has 0 spiro atoms. The second-order valence-corrected chi connectivity index (χ2v) is 7.41.